The van der Waals surface area contributed by atoms with Gasteiger partial charge in [-0.25, -0.2) is 8.78 Å². The van der Waals surface area contributed by atoms with Gasteiger partial charge in [0.2, 0.25) is 0 Å². The predicted octanol–water partition coefficient (Wildman–Crippen LogP) is 3.43. The van der Waals surface area contributed by atoms with Gasteiger partial charge in [-0.2, -0.15) is 0 Å². The number of hydrogen-bond acceptors (Lipinski definition) is 2. The van der Waals surface area contributed by atoms with Crippen LogP contribution in [0.4, 0.5) is 14.5 Å². The van der Waals surface area contributed by atoms with Crippen molar-refractivity contribution in [2.24, 2.45) is 5.41 Å². The third-order valence-electron chi connectivity index (χ3n) is 2.05. The van der Waals surface area contributed by atoms with Crippen LogP contribution in [-0.4, -0.2) is 13.7 Å². The highest BCUT2D eigenvalue weighted by Crippen LogP contribution is 2.25. The van der Waals surface area contributed by atoms with E-state index < -0.39 is 11.6 Å². The van der Waals surface area contributed by atoms with Crippen LogP contribution in [0.1, 0.15) is 20.8 Å². The Morgan fingerprint density at radius 3 is 2.31 bits per heavy atom. The van der Waals surface area contributed by atoms with Crippen molar-refractivity contribution in [3.05, 3.63) is 23.8 Å². The summed E-state index contributed by atoms with van der Waals surface area (Å²) in [7, 11) is 1.31. The Labute approximate surface area is 94.6 Å². The first-order valence-electron chi connectivity index (χ1n) is 5.10. The van der Waals surface area contributed by atoms with Crippen LogP contribution < -0.4 is 10.1 Å². The molecular formula is C12H17F2NO. The van der Waals surface area contributed by atoms with Gasteiger partial charge in [-0.3, -0.25) is 0 Å². The molecular weight excluding hydrogens is 212 g/mol. The summed E-state index contributed by atoms with van der Waals surface area (Å²) >= 11 is 0. The molecule has 2 nitrogen and oxygen atoms in total. The fourth-order valence-electron chi connectivity index (χ4n) is 1.18. The molecule has 0 fully saturated rings. The lowest BCUT2D eigenvalue weighted by Gasteiger charge is -2.20. The Hall–Kier alpha value is -1.32. The second kappa shape index (κ2) is 4.68. The minimum Gasteiger partial charge on any atom is -0.494 e. The average molecular weight is 229 g/mol. The lowest BCUT2D eigenvalue weighted by atomic mass is 9.97. The van der Waals surface area contributed by atoms with E-state index in [2.05, 4.69) is 10.1 Å². The summed E-state index contributed by atoms with van der Waals surface area (Å²) in [5, 5.41) is 2.87. The van der Waals surface area contributed by atoms with E-state index >= 15 is 0 Å². The van der Waals surface area contributed by atoms with Crippen molar-refractivity contribution in [2.75, 3.05) is 19.0 Å². The number of benzene rings is 1. The molecule has 90 valence electrons. The summed E-state index contributed by atoms with van der Waals surface area (Å²) in [6, 6.07) is 2.15. The van der Waals surface area contributed by atoms with Crippen LogP contribution in [0.25, 0.3) is 0 Å². The molecule has 1 N–H and O–H groups in total. The van der Waals surface area contributed by atoms with Gasteiger partial charge in [-0.15, -0.1) is 0 Å². The Bertz CT molecular complexity index is 372. The normalized spacial score (nSPS) is 11.4. The molecule has 0 saturated carbocycles. The fraction of sp³-hybridized carbons (Fsp3) is 0.500. The molecule has 0 atom stereocenters. The Balaban J connectivity index is 2.86. The van der Waals surface area contributed by atoms with E-state index in [0.29, 0.717) is 6.54 Å². The Kier molecular flexibility index (Phi) is 3.73. The van der Waals surface area contributed by atoms with Crippen LogP contribution in [0.15, 0.2) is 12.1 Å². The predicted molar refractivity (Wildman–Crippen MR) is 60.9 cm³/mol. The van der Waals surface area contributed by atoms with Crippen LogP contribution in [0.5, 0.6) is 5.75 Å². The fourth-order valence-corrected chi connectivity index (χ4v) is 1.18. The third-order valence-corrected chi connectivity index (χ3v) is 2.05. The maximum absolute atomic E-state index is 13.5. The summed E-state index contributed by atoms with van der Waals surface area (Å²) in [6.07, 6.45) is 0. The maximum atomic E-state index is 13.5. The number of anilines is 1. The molecule has 0 radical (unpaired) electrons. The molecule has 1 aromatic carbocycles. The highest BCUT2D eigenvalue weighted by molar-refractivity contribution is 5.49. The van der Waals surface area contributed by atoms with E-state index in [4.69, 9.17) is 0 Å². The standard InChI is InChI=1S/C12H17F2NO/c1-12(2,3)7-15-10-5-9(14)11(16-4)6-8(10)13/h5-6,15H,7H2,1-4H3. The second-order valence-electron chi connectivity index (χ2n) is 4.88. The second-order valence-corrected chi connectivity index (χ2v) is 4.88. The van der Waals surface area contributed by atoms with Crippen molar-refractivity contribution in [1.82, 2.24) is 0 Å². The molecule has 0 aromatic heterocycles. The minimum absolute atomic E-state index is 0.00282. The van der Waals surface area contributed by atoms with Crippen LogP contribution in [-0.2, 0) is 0 Å². The van der Waals surface area contributed by atoms with Crippen molar-refractivity contribution in [3.8, 4) is 5.75 Å². The molecule has 1 aromatic rings. The minimum atomic E-state index is -0.569. The largest absolute Gasteiger partial charge is 0.494 e. The van der Waals surface area contributed by atoms with Gasteiger partial charge in [0.15, 0.2) is 11.6 Å². The number of nitrogens with one attached hydrogen (secondary N) is 1. The molecule has 0 aliphatic heterocycles. The van der Waals surface area contributed by atoms with Crippen molar-refractivity contribution >= 4 is 5.69 Å². The van der Waals surface area contributed by atoms with Crippen LogP contribution in [0, 0.1) is 17.0 Å². The molecule has 0 saturated heterocycles. The first-order chi connectivity index (χ1) is 7.33. The van der Waals surface area contributed by atoms with Gasteiger partial charge in [0.25, 0.3) is 0 Å². The average Bonchev–Trinajstić information content (AvgIpc) is 2.17. The van der Waals surface area contributed by atoms with Crippen molar-refractivity contribution in [3.63, 3.8) is 0 Å². The van der Waals surface area contributed by atoms with Crippen LogP contribution in [0.3, 0.4) is 0 Å². The van der Waals surface area contributed by atoms with Gasteiger partial charge in [0.05, 0.1) is 12.8 Å². The quantitative estimate of drug-likeness (QED) is 0.857. The third kappa shape index (κ3) is 3.36. The Morgan fingerprint density at radius 1 is 1.19 bits per heavy atom. The topological polar surface area (TPSA) is 21.3 Å². The van der Waals surface area contributed by atoms with E-state index in [1.165, 1.54) is 7.11 Å². The molecule has 0 unspecified atom stereocenters. The molecule has 16 heavy (non-hydrogen) atoms. The summed E-state index contributed by atoms with van der Waals surface area (Å²) in [5.74, 6) is -1.17. The zero-order valence-electron chi connectivity index (χ0n) is 10.0. The van der Waals surface area contributed by atoms with E-state index in [0.717, 1.165) is 12.1 Å². The van der Waals surface area contributed by atoms with Crippen molar-refractivity contribution in [1.29, 1.82) is 0 Å². The lowest BCUT2D eigenvalue weighted by Crippen LogP contribution is -2.19. The lowest BCUT2D eigenvalue weighted by molar-refractivity contribution is 0.383. The summed E-state index contributed by atoms with van der Waals surface area (Å²) in [6.45, 7) is 6.60. The van der Waals surface area contributed by atoms with E-state index in [1.807, 2.05) is 20.8 Å². The number of methoxy groups -OCH3 is 1. The Morgan fingerprint density at radius 2 is 1.81 bits per heavy atom. The SMILES string of the molecule is COc1cc(F)c(NCC(C)(C)C)cc1F. The molecule has 0 aliphatic carbocycles. The molecule has 0 aliphatic rings. The molecule has 4 heteroatoms. The molecule has 0 heterocycles. The zero-order chi connectivity index (χ0) is 12.3. The summed E-state index contributed by atoms with van der Waals surface area (Å²) < 4.78 is 31.5. The molecule has 0 spiro atoms. The van der Waals surface area contributed by atoms with E-state index in [9.17, 15) is 8.78 Å². The van der Waals surface area contributed by atoms with Gasteiger partial charge in [-0.05, 0) is 5.41 Å². The smallest absolute Gasteiger partial charge is 0.167 e. The summed E-state index contributed by atoms with van der Waals surface area (Å²) in [5.41, 5.74) is 0.163. The molecule has 0 bridgehead atoms. The number of rotatable bonds is 3. The van der Waals surface area contributed by atoms with Gasteiger partial charge in [0, 0.05) is 18.7 Å². The number of halogens is 2. The first-order valence-corrected chi connectivity index (χ1v) is 5.10. The van der Waals surface area contributed by atoms with E-state index in [-0.39, 0.29) is 16.9 Å². The number of ether oxygens (including phenoxy) is 1. The monoisotopic (exact) mass is 229 g/mol. The first kappa shape index (κ1) is 12.7. The van der Waals surface area contributed by atoms with Crippen molar-refractivity contribution in [2.45, 2.75) is 20.8 Å². The van der Waals surface area contributed by atoms with E-state index in [1.54, 1.807) is 0 Å². The number of hydrogen-bond donors (Lipinski definition) is 1. The summed E-state index contributed by atoms with van der Waals surface area (Å²) in [4.78, 5) is 0. The van der Waals surface area contributed by atoms with Gasteiger partial charge in [-0.1, -0.05) is 20.8 Å². The highest BCUT2D eigenvalue weighted by atomic mass is 19.1. The van der Waals surface area contributed by atoms with Gasteiger partial charge in [0.1, 0.15) is 5.82 Å². The van der Waals surface area contributed by atoms with Crippen molar-refractivity contribution < 1.29 is 13.5 Å². The zero-order valence-corrected chi connectivity index (χ0v) is 10.0. The van der Waals surface area contributed by atoms with Crippen LogP contribution in [0.2, 0.25) is 0 Å². The molecule has 1 rings (SSSR count). The maximum Gasteiger partial charge on any atom is 0.167 e. The van der Waals surface area contributed by atoms with Crippen LogP contribution >= 0.6 is 0 Å². The highest BCUT2D eigenvalue weighted by Gasteiger charge is 2.13. The van der Waals surface area contributed by atoms with Gasteiger partial charge < -0.3 is 10.1 Å². The van der Waals surface area contributed by atoms with Gasteiger partial charge >= 0.3 is 0 Å². The molecule has 0 amide bonds.